The van der Waals surface area contributed by atoms with Crippen LogP contribution in [0.3, 0.4) is 0 Å². The van der Waals surface area contributed by atoms with E-state index in [1.165, 1.54) is 6.42 Å². The molecule has 1 heterocycles. The minimum atomic E-state index is -3.99. The van der Waals surface area contributed by atoms with Gasteiger partial charge in [0.05, 0.1) is 24.3 Å². The van der Waals surface area contributed by atoms with Crippen molar-refractivity contribution in [2.45, 2.75) is 45.1 Å². The van der Waals surface area contributed by atoms with Crippen LogP contribution in [0, 0.1) is 0 Å². The van der Waals surface area contributed by atoms with Crippen molar-refractivity contribution in [2.75, 3.05) is 6.61 Å². The van der Waals surface area contributed by atoms with E-state index in [-0.39, 0.29) is 18.2 Å². The Balaban J connectivity index is 1.90. The van der Waals surface area contributed by atoms with E-state index in [1.807, 2.05) is 18.2 Å². The first-order chi connectivity index (χ1) is 12.6. The Hall–Kier alpha value is -1.95. The number of aromatic amines is 1. The molecule has 3 rings (SSSR count). The second-order valence-electron chi connectivity index (χ2n) is 6.36. The molecular formula is C18H25N4O3P. The highest BCUT2D eigenvalue weighted by molar-refractivity contribution is 7.71. The molecule has 1 saturated carbocycles. The van der Waals surface area contributed by atoms with Gasteiger partial charge in [-0.05, 0) is 31.9 Å². The first kappa shape index (κ1) is 18.8. The van der Waals surface area contributed by atoms with Gasteiger partial charge in [0, 0.05) is 17.8 Å². The average Bonchev–Trinajstić information content (AvgIpc) is 3.17. The summed E-state index contributed by atoms with van der Waals surface area (Å²) in [6.45, 7) is 1.84. The fourth-order valence-electron chi connectivity index (χ4n) is 3.12. The Morgan fingerprint density at radius 2 is 2.23 bits per heavy atom. The normalized spacial score (nSPS) is 18.5. The molecule has 0 radical (unpaired) electrons. The maximum absolute atomic E-state index is 12.6. The van der Waals surface area contributed by atoms with E-state index in [4.69, 9.17) is 4.52 Å². The number of imidazole rings is 1. The van der Waals surface area contributed by atoms with E-state index >= 15 is 0 Å². The number of rotatable bonds is 6. The van der Waals surface area contributed by atoms with Gasteiger partial charge in [0.15, 0.2) is 0 Å². The van der Waals surface area contributed by atoms with Crippen molar-refractivity contribution in [3.05, 3.63) is 36.8 Å². The Labute approximate surface area is 153 Å². The number of aliphatic imine (C=N–C) groups is 1. The van der Waals surface area contributed by atoms with E-state index < -0.39 is 7.60 Å². The van der Waals surface area contributed by atoms with Gasteiger partial charge in [0.2, 0.25) is 5.58 Å². The lowest BCUT2D eigenvalue weighted by Gasteiger charge is -2.25. The minimum Gasteiger partial charge on any atom is -0.361 e. The molecule has 0 aliphatic heterocycles. The lowest BCUT2D eigenvalue weighted by Crippen LogP contribution is -2.36. The Bertz CT molecular complexity index is 785. The topological polar surface area (TPSA) is 99.6 Å². The Morgan fingerprint density at radius 1 is 1.42 bits per heavy atom. The lowest BCUT2D eigenvalue weighted by atomic mass is 9.96. The highest BCUT2D eigenvalue weighted by atomic mass is 31.2. The maximum atomic E-state index is 12.6. The van der Waals surface area contributed by atoms with Crippen molar-refractivity contribution in [3.8, 4) is 11.3 Å². The molecule has 1 aromatic carbocycles. The van der Waals surface area contributed by atoms with Crippen molar-refractivity contribution >= 4 is 18.9 Å². The number of nitrogens with zero attached hydrogens (tertiary/aromatic N) is 2. The molecule has 1 fully saturated rings. The van der Waals surface area contributed by atoms with Crippen LogP contribution in [0.25, 0.3) is 11.3 Å². The quantitative estimate of drug-likeness (QED) is 0.398. The summed E-state index contributed by atoms with van der Waals surface area (Å²) < 4.78 is 17.7. The number of benzene rings is 1. The summed E-state index contributed by atoms with van der Waals surface area (Å²) in [4.78, 5) is 21.9. The second-order valence-corrected chi connectivity index (χ2v) is 8.08. The van der Waals surface area contributed by atoms with Gasteiger partial charge in [-0.1, -0.05) is 31.4 Å². The van der Waals surface area contributed by atoms with Crippen LogP contribution in [-0.2, 0) is 9.09 Å². The molecule has 0 amide bonds. The summed E-state index contributed by atoms with van der Waals surface area (Å²) in [5.41, 5.74) is 2.28. The number of amidine groups is 1. The van der Waals surface area contributed by atoms with Gasteiger partial charge >= 0.3 is 7.60 Å². The van der Waals surface area contributed by atoms with Crippen LogP contribution in [0.5, 0.6) is 0 Å². The molecule has 0 bridgehead atoms. The minimum absolute atomic E-state index is 0.0189. The maximum Gasteiger partial charge on any atom is 0.393 e. The molecule has 0 spiro atoms. The number of H-pyrrole nitrogens is 1. The highest BCUT2D eigenvalue weighted by Gasteiger charge is 2.30. The van der Waals surface area contributed by atoms with Crippen LogP contribution in [0.4, 0.5) is 5.69 Å². The van der Waals surface area contributed by atoms with E-state index in [9.17, 15) is 9.46 Å². The van der Waals surface area contributed by atoms with E-state index in [0.29, 0.717) is 5.69 Å². The Morgan fingerprint density at radius 3 is 2.92 bits per heavy atom. The van der Waals surface area contributed by atoms with Crippen molar-refractivity contribution in [2.24, 2.45) is 4.99 Å². The standard InChI is InChI=1S/C18H25N4O3P/c1-2-25-26(23,24)18(21-15-8-4-3-5-9-15)22-16-10-6-7-14(11-16)17-12-19-13-20-17/h6-7,10-13,15H,2-5,8-9H2,1H3,(H,19,20)(H,21,22)(H,23,24). The molecular weight excluding hydrogens is 351 g/mol. The fraction of sp³-hybridized carbons (Fsp3) is 0.444. The van der Waals surface area contributed by atoms with Crippen molar-refractivity contribution < 1.29 is 14.0 Å². The van der Waals surface area contributed by atoms with Gasteiger partial charge < -0.3 is 19.7 Å². The molecule has 1 aliphatic rings. The molecule has 8 heteroatoms. The first-order valence-electron chi connectivity index (χ1n) is 9.01. The fourth-order valence-corrected chi connectivity index (χ4v) is 4.18. The summed E-state index contributed by atoms with van der Waals surface area (Å²) in [6, 6.07) is 7.56. The number of nitrogens with one attached hydrogen (secondary N) is 2. The van der Waals surface area contributed by atoms with Gasteiger partial charge in [0.25, 0.3) is 0 Å². The smallest absolute Gasteiger partial charge is 0.361 e. The van der Waals surface area contributed by atoms with Crippen LogP contribution in [0.1, 0.15) is 39.0 Å². The van der Waals surface area contributed by atoms with Gasteiger partial charge in [0.1, 0.15) is 0 Å². The third-order valence-corrected chi connectivity index (χ3v) is 5.76. The van der Waals surface area contributed by atoms with E-state index in [2.05, 4.69) is 20.3 Å². The van der Waals surface area contributed by atoms with Crippen LogP contribution in [-0.4, -0.2) is 33.1 Å². The molecule has 140 valence electrons. The third-order valence-electron chi connectivity index (χ3n) is 4.39. The number of hydrogen-bond donors (Lipinski definition) is 3. The highest BCUT2D eigenvalue weighted by Crippen LogP contribution is 2.44. The monoisotopic (exact) mass is 376 g/mol. The second kappa shape index (κ2) is 8.62. The third kappa shape index (κ3) is 4.81. The van der Waals surface area contributed by atoms with Crippen molar-refractivity contribution in [1.82, 2.24) is 15.3 Å². The van der Waals surface area contributed by atoms with Gasteiger partial charge in [-0.3, -0.25) is 4.57 Å². The first-order valence-corrected chi connectivity index (χ1v) is 10.6. The average molecular weight is 376 g/mol. The zero-order valence-electron chi connectivity index (χ0n) is 14.9. The molecule has 1 unspecified atom stereocenters. The summed E-state index contributed by atoms with van der Waals surface area (Å²) in [5, 5.41) is 3.17. The zero-order valence-corrected chi connectivity index (χ0v) is 15.8. The molecule has 1 atom stereocenters. The zero-order chi connectivity index (χ0) is 18.4. The van der Waals surface area contributed by atoms with Gasteiger partial charge in [-0.2, -0.15) is 0 Å². The van der Waals surface area contributed by atoms with Crippen LogP contribution in [0.2, 0.25) is 0 Å². The summed E-state index contributed by atoms with van der Waals surface area (Å²) in [5.74, 6) is 0. The van der Waals surface area contributed by atoms with Crippen molar-refractivity contribution in [3.63, 3.8) is 0 Å². The summed E-state index contributed by atoms with van der Waals surface area (Å²) >= 11 is 0. The largest absolute Gasteiger partial charge is 0.393 e. The van der Waals surface area contributed by atoms with E-state index in [1.54, 1.807) is 25.5 Å². The van der Waals surface area contributed by atoms with Crippen LogP contribution in [0.15, 0.2) is 41.8 Å². The van der Waals surface area contributed by atoms with Crippen LogP contribution >= 0.6 is 7.60 Å². The molecule has 0 saturated heterocycles. The molecule has 1 aromatic heterocycles. The van der Waals surface area contributed by atoms with Crippen LogP contribution < -0.4 is 5.32 Å². The number of aromatic nitrogens is 2. The predicted molar refractivity (Wildman–Crippen MR) is 103 cm³/mol. The molecule has 1 aliphatic carbocycles. The molecule has 3 N–H and O–H groups in total. The number of hydrogen-bond acceptors (Lipinski definition) is 4. The summed E-state index contributed by atoms with van der Waals surface area (Å²) in [6.07, 6.45) is 8.78. The predicted octanol–water partition coefficient (Wildman–Crippen LogP) is 4.21. The van der Waals surface area contributed by atoms with Crippen molar-refractivity contribution in [1.29, 1.82) is 0 Å². The van der Waals surface area contributed by atoms with Gasteiger partial charge in [-0.25, -0.2) is 9.98 Å². The lowest BCUT2D eigenvalue weighted by molar-refractivity contribution is 0.284. The summed E-state index contributed by atoms with van der Waals surface area (Å²) in [7, 11) is -3.99. The van der Waals surface area contributed by atoms with E-state index in [0.717, 1.165) is 36.9 Å². The molecule has 7 nitrogen and oxygen atoms in total. The molecule has 26 heavy (non-hydrogen) atoms. The Kier molecular flexibility index (Phi) is 6.25. The molecule has 2 aromatic rings. The SMILES string of the molecule is CCOP(=O)(O)/C(=N/c1cccc(-c2c[nH]cn2)c1)NC1CCCCC1. The van der Waals surface area contributed by atoms with Gasteiger partial charge in [-0.15, -0.1) is 0 Å².